The zero-order valence-corrected chi connectivity index (χ0v) is 11.1. The van der Waals surface area contributed by atoms with Gasteiger partial charge in [-0.3, -0.25) is 0 Å². The molecule has 0 amide bonds. The highest BCUT2D eigenvalue weighted by Gasteiger charge is 2.12. The Bertz CT molecular complexity index is 483. The first-order valence-electron chi connectivity index (χ1n) is 5.88. The van der Waals surface area contributed by atoms with Gasteiger partial charge < -0.3 is 15.0 Å². The lowest BCUT2D eigenvalue weighted by atomic mass is 10.4. The van der Waals surface area contributed by atoms with E-state index in [0.717, 1.165) is 17.8 Å². The van der Waals surface area contributed by atoms with Gasteiger partial charge in [-0.25, -0.2) is 4.98 Å². The number of nitrogens with zero attached hydrogens (tertiary/aromatic N) is 3. The lowest BCUT2D eigenvalue weighted by Gasteiger charge is -1.95. The van der Waals surface area contributed by atoms with Crippen LogP contribution in [0, 0.1) is 0 Å². The van der Waals surface area contributed by atoms with Crippen LogP contribution in [0.25, 0.3) is 11.6 Å². The molecule has 2 aromatic heterocycles. The zero-order valence-electron chi connectivity index (χ0n) is 10.3. The number of rotatable bonds is 7. The molecule has 6 nitrogen and oxygen atoms in total. The van der Waals surface area contributed by atoms with Gasteiger partial charge in [0.2, 0.25) is 0 Å². The molecule has 0 aliphatic rings. The Kier molecular flexibility index (Phi) is 4.80. The van der Waals surface area contributed by atoms with Gasteiger partial charge in [-0.2, -0.15) is 4.98 Å². The third-order valence-corrected chi connectivity index (χ3v) is 3.09. The molecule has 0 aromatic carbocycles. The summed E-state index contributed by atoms with van der Waals surface area (Å²) < 4.78 is 10.5. The molecular weight excluding hydrogens is 252 g/mol. The largest absolute Gasteiger partial charge is 0.373 e. The SMILES string of the molecule is CCCOCc1noc(-c2csc(CCN)n2)n1. The number of thiazole rings is 1. The van der Waals surface area contributed by atoms with Crippen LogP contribution in [0.1, 0.15) is 24.2 Å². The van der Waals surface area contributed by atoms with Gasteiger partial charge in [-0.05, 0) is 13.0 Å². The van der Waals surface area contributed by atoms with Crippen LogP contribution in [0.15, 0.2) is 9.90 Å². The topological polar surface area (TPSA) is 87.1 Å². The van der Waals surface area contributed by atoms with Crippen LogP contribution in [0.2, 0.25) is 0 Å². The molecule has 0 saturated carbocycles. The molecule has 0 fully saturated rings. The minimum Gasteiger partial charge on any atom is -0.373 e. The molecule has 0 aliphatic carbocycles. The molecule has 0 spiro atoms. The van der Waals surface area contributed by atoms with Crippen molar-refractivity contribution in [3.8, 4) is 11.6 Å². The molecule has 2 aromatic rings. The summed E-state index contributed by atoms with van der Waals surface area (Å²) in [6.07, 6.45) is 1.74. The highest BCUT2D eigenvalue weighted by molar-refractivity contribution is 7.09. The standard InChI is InChI=1S/C11H16N4O2S/c1-2-5-16-6-9-14-11(17-15-9)8-7-18-10(13-8)3-4-12/h7H,2-6,12H2,1H3. The van der Waals surface area contributed by atoms with Gasteiger partial charge in [-0.15, -0.1) is 11.3 Å². The fourth-order valence-electron chi connectivity index (χ4n) is 1.37. The van der Waals surface area contributed by atoms with Crippen molar-refractivity contribution in [3.05, 3.63) is 16.2 Å². The molecule has 0 unspecified atom stereocenters. The van der Waals surface area contributed by atoms with E-state index in [-0.39, 0.29) is 0 Å². The van der Waals surface area contributed by atoms with E-state index in [1.807, 2.05) is 5.38 Å². The van der Waals surface area contributed by atoms with Crippen LogP contribution >= 0.6 is 11.3 Å². The summed E-state index contributed by atoms with van der Waals surface area (Å²) in [4.78, 5) is 8.62. The van der Waals surface area contributed by atoms with Gasteiger partial charge in [0.15, 0.2) is 5.82 Å². The average Bonchev–Trinajstić information content (AvgIpc) is 2.98. The summed E-state index contributed by atoms with van der Waals surface area (Å²) in [7, 11) is 0. The molecule has 2 N–H and O–H groups in total. The van der Waals surface area contributed by atoms with Gasteiger partial charge in [-0.1, -0.05) is 12.1 Å². The third-order valence-electron chi connectivity index (χ3n) is 2.18. The molecule has 0 aliphatic heterocycles. The van der Waals surface area contributed by atoms with Crippen molar-refractivity contribution in [2.24, 2.45) is 5.73 Å². The van der Waals surface area contributed by atoms with E-state index in [4.69, 9.17) is 15.0 Å². The first-order chi connectivity index (χ1) is 8.83. The lowest BCUT2D eigenvalue weighted by molar-refractivity contribution is 0.114. The van der Waals surface area contributed by atoms with Crippen molar-refractivity contribution in [2.75, 3.05) is 13.2 Å². The van der Waals surface area contributed by atoms with Crippen molar-refractivity contribution in [2.45, 2.75) is 26.4 Å². The van der Waals surface area contributed by atoms with E-state index in [0.29, 0.717) is 37.2 Å². The Hall–Kier alpha value is -1.31. The Morgan fingerprint density at radius 2 is 2.33 bits per heavy atom. The van der Waals surface area contributed by atoms with E-state index < -0.39 is 0 Å². The number of hydrogen-bond donors (Lipinski definition) is 1. The highest BCUT2D eigenvalue weighted by atomic mass is 32.1. The second-order valence-corrected chi connectivity index (χ2v) is 4.68. The van der Waals surface area contributed by atoms with Crippen molar-refractivity contribution >= 4 is 11.3 Å². The average molecular weight is 268 g/mol. The smallest absolute Gasteiger partial charge is 0.277 e. The van der Waals surface area contributed by atoms with Crippen LogP contribution in [-0.2, 0) is 17.8 Å². The molecule has 2 rings (SSSR count). The Morgan fingerprint density at radius 3 is 3.11 bits per heavy atom. The van der Waals surface area contributed by atoms with Gasteiger partial charge in [0.05, 0.1) is 5.01 Å². The first-order valence-corrected chi connectivity index (χ1v) is 6.76. The summed E-state index contributed by atoms with van der Waals surface area (Å²) in [5, 5.41) is 6.73. The molecule has 7 heteroatoms. The fraction of sp³-hybridized carbons (Fsp3) is 0.545. The Labute approximate surface area is 109 Å². The predicted molar refractivity (Wildman–Crippen MR) is 68.1 cm³/mol. The normalized spacial score (nSPS) is 11.0. The highest BCUT2D eigenvalue weighted by Crippen LogP contribution is 2.20. The maximum atomic E-state index is 5.48. The predicted octanol–water partition coefficient (Wildman–Crippen LogP) is 1.62. The Balaban J connectivity index is 1.99. The van der Waals surface area contributed by atoms with Gasteiger partial charge >= 0.3 is 0 Å². The monoisotopic (exact) mass is 268 g/mol. The molecular formula is C11H16N4O2S. The summed E-state index contributed by atoms with van der Waals surface area (Å²) >= 11 is 1.55. The van der Waals surface area contributed by atoms with Crippen LogP contribution in [0.5, 0.6) is 0 Å². The van der Waals surface area contributed by atoms with E-state index in [9.17, 15) is 0 Å². The summed E-state index contributed by atoms with van der Waals surface area (Å²) in [5.41, 5.74) is 6.19. The number of aromatic nitrogens is 3. The zero-order chi connectivity index (χ0) is 12.8. The van der Waals surface area contributed by atoms with Gasteiger partial charge in [0.25, 0.3) is 5.89 Å². The van der Waals surface area contributed by atoms with Crippen molar-refractivity contribution in [1.29, 1.82) is 0 Å². The molecule has 0 radical (unpaired) electrons. The second-order valence-electron chi connectivity index (χ2n) is 3.73. The minimum absolute atomic E-state index is 0.372. The summed E-state index contributed by atoms with van der Waals surface area (Å²) in [5.74, 6) is 0.983. The maximum absolute atomic E-state index is 5.48. The number of ether oxygens (including phenoxy) is 1. The van der Waals surface area contributed by atoms with E-state index in [1.54, 1.807) is 11.3 Å². The van der Waals surface area contributed by atoms with Crippen LogP contribution in [-0.4, -0.2) is 28.3 Å². The van der Waals surface area contributed by atoms with E-state index in [1.165, 1.54) is 0 Å². The van der Waals surface area contributed by atoms with E-state index in [2.05, 4.69) is 22.0 Å². The maximum Gasteiger partial charge on any atom is 0.277 e. The molecule has 2 heterocycles. The molecule has 0 bridgehead atoms. The lowest BCUT2D eigenvalue weighted by Crippen LogP contribution is -2.02. The molecule has 0 atom stereocenters. The van der Waals surface area contributed by atoms with Gasteiger partial charge in [0, 0.05) is 18.4 Å². The molecule has 18 heavy (non-hydrogen) atoms. The first kappa shape index (κ1) is 13.1. The Morgan fingerprint density at radius 1 is 1.44 bits per heavy atom. The quantitative estimate of drug-likeness (QED) is 0.768. The third kappa shape index (κ3) is 3.34. The summed E-state index contributed by atoms with van der Waals surface area (Å²) in [6.45, 7) is 3.71. The van der Waals surface area contributed by atoms with Gasteiger partial charge in [0.1, 0.15) is 12.3 Å². The minimum atomic E-state index is 0.372. The summed E-state index contributed by atoms with van der Waals surface area (Å²) in [6, 6.07) is 0. The van der Waals surface area contributed by atoms with Crippen molar-refractivity contribution in [3.63, 3.8) is 0 Å². The van der Waals surface area contributed by atoms with Crippen LogP contribution in [0.3, 0.4) is 0 Å². The molecule has 98 valence electrons. The van der Waals surface area contributed by atoms with Crippen molar-refractivity contribution in [1.82, 2.24) is 15.1 Å². The van der Waals surface area contributed by atoms with Crippen LogP contribution in [0.4, 0.5) is 0 Å². The number of nitrogens with two attached hydrogens (primary N) is 1. The molecule has 0 saturated heterocycles. The second kappa shape index (κ2) is 6.58. The number of hydrogen-bond acceptors (Lipinski definition) is 7. The van der Waals surface area contributed by atoms with Crippen LogP contribution < -0.4 is 5.73 Å². The fourth-order valence-corrected chi connectivity index (χ4v) is 2.16. The van der Waals surface area contributed by atoms with E-state index >= 15 is 0 Å². The van der Waals surface area contributed by atoms with Crippen molar-refractivity contribution < 1.29 is 9.26 Å².